The first-order chi connectivity index (χ1) is 17.6. The molecule has 0 radical (unpaired) electrons. The molecule has 0 fully saturated rings. The number of anilines is 1. The van der Waals surface area contributed by atoms with Gasteiger partial charge in [-0.3, -0.25) is 0 Å². The van der Waals surface area contributed by atoms with E-state index in [0.29, 0.717) is 0 Å². The summed E-state index contributed by atoms with van der Waals surface area (Å²) in [5.41, 5.74) is 7.67. The van der Waals surface area contributed by atoms with Crippen molar-refractivity contribution in [3.63, 3.8) is 0 Å². The van der Waals surface area contributed by atoms with Gasteiger partial charge in [-0.15, -0.1) is 0 Å². The van der Waals surface area contributed by atoms with Gasteiger partial charge >= 0.3 is 0 Å². The molecule has 0 aliphatic heterocycles. The first-order valence-electron chi connectivity index (χ1n) is 13.2. The number of hydrogen-bond donors (Lipinski definition) is 0. The zero-order chi connectivity index (χ0) is 25.2. The number of pyridine rings is 1. The highest BCUT2D eigenvalue weighted by Crippen LogP contribution is 2.31. The van der Waals surface area contributed by atoms with E-state index in [4.69, 9.17) is 9.72 Å². The lowest BCUT2D eigenvalue weighted by molar-refractivity contribution is 0.304. The van der Waals surface area contributed by atoms with Gasteiger partial charge in [-0.1, -0.05) is 81.5 Å². The standard InChI is InChI=1S/C33H38N2O/c1-4-5-6-7-8-12-23-36-31-21-17-28(18-22-31)33-25-29(26-15-19-30(20-16-26)35(2)3)24-32(34-33)27-13-10-9-11-14-27/h9-11,13-22,24-25H,4-8,12,23H2,1-3H3. The molecule has 0 bridgehead atoms. The third kappa shape index (κ3) is 6.97. The molecule has 186 valence electrons. The Morgan fingerprint density at radius 3 is 1.83 bits per heavy atom. The van der Waals surface area contributed by atoms with Gasteiger partial charge in [0.2, 0.25) is 0 Å². The van der Waals surface area contributed by atoms with Gasteiger partial charge in [0.25, 0.3) is 0 Å². The van der Waals surface area contributed by atoms with Crippen molar-refractivity contribution in [2.45, 2.75) is 45.4 Å². The minimum atomic E-state index is 0.778. The molecule has 0 spiro atoms. The van der Waals surface area contributed by atoms with Crippen molar-refractivity contribution < 1.29 is 4.74 Å². The van der Waals surface area contributed by atoms with Crippen molar-refractivity contribution in [2.24, 2.45) is 0 Å². The summed E-state index contributed by atoms with van der Waals surface area (Å²) < 4.78 is 6.00. The molecule has 0 saturated carbocycles. The molecule has 1 aromatic heterocycles. The number of ether oxygens (including phenoxy) is 1. The van der Waals surface area contributed by atoms with Gasteiger partial charge in [-0.2, -0.15) is 0 Å². The van der Waals surface area contributed by atoms with Crippen LogP contribution in [0.2, 0.25) is 0 Å². The Hall–Kier alpha value is -3.59. The molecular formula is C33H38N2O. The summed E-state index contributed by atoms with van der Waals surface area (Å²) in [7, 11) is 4.13. The van der Waals surface area contributed by atoms with Crippen molar-refractivity contribution in [1.82, 2.24) is 4.98 Å². The molecule has 0 saturated heterocycles. The van der Waals surface area contributed by atoms with Crippen molar-refractivity contribution in [3.05, 3.63) is 91.0 Å². The maximum atomic E-state index is 6.00. The van der Waals surface area contributed by atoms with Crippen LogP contribution in [0.3, 0.4) is 0 Å². The van der Waals surface area contributed by atoms with Crippen LogP contribution < -0.4 is 9.64 Å². The van der Waals surface area contributed by atoms with E-state index < -0.39 is 0 Å². The Morgan fingerprint density at radius 1 is 0.611 bits per heavy atom. The van der Waals surface area contributed by atoms with Gasteiger partial charge in [-0.05, 0) is 66.1 Å². The summed E-state index contributed by atoms with van der Waals surface area (Å²) >= 11 is 0. The van der Waals surface area contributed by atoms with Gasteiger partial charge in [-0.25, -0.2) is 4.98 Å². The Morgan fingerprint density at radius 2 is 1.19 bits per heavy atom. The van der Waals surface area contributed by atoms with E-state index in [-0.39, 0.29) is 0 Å². The second-order valence-corrected chi connectivity index (χ2v) is 9.57. The molecule has 0 aliphatic rings. The molecule has 4 aromatic rings. The zero-order valence-corrected chi connectivity index (χ0v) is 21.9. The van der Waals surface area contributed by atoms with Crippen molar-refractivity contribution in [3.8, 4) is 39.4 Å². The molecule has 1 heterocycles. The lowest BCUT2D eigenvalue weighted by atomic mass is 9.99. The largest absolute Gasteiger partial charge is 0.494 e. The highest BCUT2D eigenvalue weighted by molar-refractivity contribution is 5.77. The smallest absolute Gasteiger partial charge is 0.119 e. The van der Waals surface area contributed by atoms with Gasteiger partial charge in [0.05, 0.1) is 18.0 Å². The summed E-state index contributed by atoms with van der Waals surface area (Å²) in [5.74, 6) is 0.922. The molecule has 0 atom stereocenters. The molecular weight excluding hydrogens is 440 g/mol. The van der Waals surface area contributed by atoms with E-state index >= 15 is 0 Å². The summed E-state index contributed by atoms with van der Waals surface area (Å²) in [4.78, 5) is 7.16. The second kappa shape index (κ2) is 12.9. The molecule has 0 amide bonds. The third-order valence-corrected chi connectivity index (χ3v) is 6.53. The number of aromatic nitrogens is 1. The van der Waals surface area contributed by atoms with Crippen molar-refractivity contribution >= 4 is 5.69 Å². The quantitative estimate of drug-likeness (QED) is 0.190. The normalized spacial score (nSPS) is 10.9. The highest BCUT2D eigenvalue weighted by atomic mass is 16.5. The van der Waals surface area contributed by atoms with Gasteiger partial charge in [0, 0.05) is 30.9 Å². The predicted octanol–water partition coefficient (Wildman–Crippen LogP) is 8.89. The number of benzene rings is 3. The number of unbranched alkanes of at least 4 members (excludes halogenated alkanes) is 5. The summed E-state index contributed by atoms with van der Waals surface area (Å²) in [5, 5.41) is 0. The van der Waals surface area contributed by atoms with Crippen LogP contribution >= 0.6 is 0 Å². The Kier molecular flexibility index (Phi) is 9.15. The SMILES string of the molecule is CCCCCCCCOc1ccc(-c2cc(-c3ccc(N(C)C)cc3)cc(-c3ccccc3)n2)cc1. The molecule has 3 nitrogen and oxygen atoms in total. The van der Waals surface area contributed by atoms with Gasteiger partial charge in [0.15, 0.2) is 0 Å². The zero-order valence-electron chi connectivity index (χ0n) is 21.9. The molecule has 36 heavy (non-hydrogen) atoms. The first kappa shape index (κ1) is 25.5. The number of rotatable bonds is 12. The van der Waals surface area contributed by atoms with Crippen molar-refractivity contribution in [2.75, 3.05) is 25.6 Å². The molecule has 0 unspecified atom stereocenters. The third-order valence-electron chi connectivity index (χ3n) is 6.53. The van der Waals surface area contributed by atoms with Crippen LogP contribution in [0, 0.1) is 0 Å². The minimum absolute atomic E-state index is 0.778. The topological polar surface area (TPSA) is 25.4 Å². The van der Waals surface area contributed by atoms with E-state index in [1.54, 1.807) is 0 Å². The molecule has 3 heteroatoms. The molecule has 0 aliphatic carbocycles. The number of hydrogen-bond acceptors (Lipinski definition) is 3. The van der Waals surface area contributed by atoms with Crippen LogP contribution in [0.4, 0.5) is 5.69 Å². The maximum absolute atomic E-state index is 6.00. The van der Waals surface area contributed by atoms with Crippen LogP contribution in [-0.4, -0.2) is 25.7 Å². The minimum Gasteiger partial charge on any atom is -0.494 e. The lowest BCUT2D eigenvalue weighted by Gasteiger charge is -2.14. The van der Waals surface area contributed by atoms with Crippen LogP contribution in [0.15, 0.2) is 91.0 Å². The van der Waals surface area contributed by atoms with E-state index in [0.717, 1.165) is 46.9 Å². The van der Waals surface area contributed by atoms with E-state index in [9.17, 15) is 0 Å². The fourth-order valence-electron chi connectivity index (χ4n) is 4.35. The average Bonchev–Trinajstić information content (AvgIpc) is 2.93. The van der Waals surface area contributed by atoms with Gasteiger partial charge in [0.1, 0.15) is 5.75 Å². The van der Waals surface area contributed by atoms with E-state index in [1.807, 2.05) is 6.07 Å². The Bertz CT molecular complexity index is 1200. The van der Waals surface area contributed by atoms with Crippen LogP contribution in [0.1, 0.15) is 45.4 Å². The lowest BCUT2D eigenvalue weighted by Crippen LogP contribution is -2.07. The number of nitrogens with zero attached hydrogens (tertiary/aromatic N) is 2. The first-order valence-corrected chi connectivity index (χ1v) is 13.2. The van der Waals surface area contributed by atoms with Crippen LogP contribution in [-0.2, 0) is 0 Å². The molecule has 0 N–H and O–H groups in total. The fourth-order valence-corrected chi connectivity index (χ4v) is 4.35. The van der Waals surface area contributed by atoms with Crippen LogP contribution in [0.25, 0.3) is 33.6 Å². The summed E-state index contributed by atoms with van der Waals surface area (Å²) in [6.45, 7) is 3.03. The summed E-state index contributed by atoms with van der Waals surface area (Å²) in [6.07, 6.45) is 7.62. The van der Waals surface area contributed by atoms with E-state index in [1.165, 1.54) is 43.4 Å². The second-order valence-electron chi connectivity index (χ2n) is 9.57. The van der Waals surface area contributed by atoms with E-state index in [2.05, 4.69) is 111 Å². The Balaban J connectivity index is 1.54. The fraction of sp³-hybridized carbons (Fsp3) is 0.303. The van der Waals surface area contributed by atoms with Gasteiger partial charge < -0.3 is 9.64 Å². The maximum Gasteiger partial charge on any atom is 0.119 e. The molecule has 4 rings (SSSR count). The average molecular weight is 479 g/mol. The highest BCUT2D eigenvalue weighted by Gasteiger charge is 2.10. The predicted molar refractivity (Wildman–Crippen MR) is 154 cm³/mol. The van der Waals surface area contributed by atoms with Crippen LogP contribution in [0.5, 0.6) is 5.75 Å². The Labute approximate surface area is 216 Å². The summed E-state index contributed by atoms with van der Waals surface area (Å²) in [6, 6.07) is 31.8. The van der Waals surface area contributed by atoms with Crippen molar-refractivity contribution in [1.29, 1.82) is 0 Å². The monoisotopic (exact) mass is 478 g/mol. The molecule has 3 aromatic carbocycles.